The van der Waals surface area contributed by atoms with Crippen LogP contribution in [0.4, 0.5) is 0 Å². The Balaban J connectivity index is 0. The normalized spacial score (nSPS) is 10.1. The zero-order chi connectivity index (χ0) is 5.21. The number of hydrogen-bond acceptors (Lipinski definition) is 3. The SMILES string of the molecule is O=P(O)(O)OO.[Ra]. The standard InChI is InChI=1S/H3O5P.Ra/c1-5-6(2,3)4;/h1H,(H2,2,3,4);. The van der Waals surface area contributed by atoms with Crippen LogP contribution in [0.3, 0.4) is 0 Å². The fourth-order valence-corrected chi connectivity index (χ4v) is 0. The van der Waals surface area contributed by atoms with Crippen LogP contribution < -0.4 is 0 Å². The van der Waals surface area contributed by atoms with E-state index in [1.54, 1.807) is 0 Å². The summed E-state index contributed by atoms with van der Waals surface area (Å²) < 4.78 is 11.8. The van der Waals surface area contributed by atoms with E-state index in [1.165, 1.54) is 0 Å². The van der Waals surface area contributed by atoms with E-state index in [0.29, 0.717) is 0 Å². The molecule has 0 bridgehead atoms. The Hall–Kier alpha value is 1.54. The van der Waals surface area contributed by atoms with Crippen LogP contribution >= 0.6 is 7.82 Å². The maximum Gasteiger partial charge on any atom is 0.496 e. The predicted molar refractivity (Wildman–Crippen MR) is 15.8 cm³/mol. The van der Waals surface area contributed by atoms with Crippen LogP contribution in [0.5, 0.6) is 0 Å². The van der Waals surface area contributed by atoms with E-state index in [1.807, 2.05) is 0 Å². The van der Waals surface area contributed by atoms with Gasteiger partial charge in [0.1, 0.15) is 0 Å². The molecular weight excluding hydrogens is 337 g/mol. The van der Waals surface area contributed by atoms with Crippen molar-refractivity contribution >= 4 is 7.82 Å². The maximum atomic E-state index is 9.22. The summed E-state index contributed by atoms with van der Waals surface area (Å²) in [6.45, 7) is 0. The average molecular weight is 340 g/mol. The minimum atomic E-state index is -4.59. The Bertz CT molecular complexity index is 72.1. The van der Waals surface area contributed by atoms with Gasteiger partial charge in [0, 0.05) is 45.0 Å². The van der Waals surface area contributed by atoms with Crippen molar-refractivity contribution in [2.45, 2.75) is 0 Å². The molecule has 0 aromatic rings. The molecule has 2 radical (unpaired) electrons. The van der Waals surface area contributed by atoms with Crippen molar-refractivity contribution in [3.63, 3.8) is 0 Å². The third-order valence-electron chi connectivity index (χ3n) is 0.106. The number of hydrogen-bond donors (Lipinski definition) is 3. The molecule has 0 aliphatic rings. The first kappa shape index (κ1) is 11.3. The average Bonchev–Trinajstić information content (AvgIpc) is 1.35. The van der Waals surface area contributed by atoms with Crippen molar-refractivity contribution < 1.29 is 69.3 Å². The molecule has 0 fully saturated rings. The van der Waals surface area contributed by atoms with Crippen LogP contribution in [0.2, 0.25) is 0 Å². The van der Waals surface area contributed by atoms with Gasteiger partial charge in [-0.1, -0.05) is 0 Å². The Morgan fingerprint density at radius 3 is 1.57 bits per heavy atom. The van der Waals surface area contributed by atoms with Gasteiger partial charge in [-0.15, -0.1) is 4.67 Å². The topological polar surface area (TPSA) is 87.0 Å². The van der Waals surface area contributed by atoms with Crippen LogP contribution in [0.25, 0.3) is 0 Å². The Kier molecular flexibility index (Phi) is 7.17. The van der Waals surface area contributed by atoms with Crippen molar-refractivity contribution in [2.75, 3.05) is 0 Å². The third-order valence-corrected chi connectivity index (χ3v) is 0.319. The molecule has 0 aromatic carbocycles. The molecule has 0 amide bonds. The maximum absolute atomic E-state index is 9.22. The van der Waals surface area contributed by atoms with Gasteiger partial charge in [-0.05, 0) is 0 Å². The fourth-order valence-electron chi connectivity index (χ4n) is 0. The summed E-state index contributed by atoms with van der Waals surface area (Å²) in [4.78, 5) is 14.9. The van der Waals surface area contributed by atoms with Gasteiger partial charge < -0.3 is 9.79 Å². The van der Waals surface area contributed by atoms with Crippen LogP contribution in [0.1, 0.15) is 0 Å². The van der Waals surface area contributed by atoms with E-state index in [9.17, 15) is 4.57 Å². The summed E-state index contributed by atoms with van der Waals surface area (Å²) in [6.07, 6.45) is 0. The monoisotopic (exact) mass is 340 g/mol. The summed E-state index contributed by atoms with van der Waals surface area (Å²) in [7, 11) is -4.59. The van der Waals surface area contributed by atoms with Gasteiger partial charge in [-0.25, -0.2) is 9.82 Å². The van der Waals surface area contributed by atoms with E-state index in [0.717, 1.165) is 0 Å². The number of phosphoric acid groups is 1. The minimum Gasteiger partial charge on any atom is -0.301 e. The van der Waals surface area contributed by atoms with Gasteiger partial charge >= 0.3 is 7.82 Å². The molecule has 7 heteroatoms. The summed E-state index contributed by atoms with van der Waals surface area (Å²) in [6, 6.07) is 0. The molecule has 0 atom stereocenters. The number of rotatable bonds is 1. The van der Waals surface area contributed by atoms with Crippen LogP contribution in [-0.4, -0.2) is 15.0 Å². The van der Waals surface area contributed by atoms with Gasteiger partial charge in [0.05, 0.1) is 0 Å². The zero-order valence-corrected chi connectivity index (χ0v) is 10.0. The van der Waals surface area contributed by atoms with Gasteiger partial charge in [0.15, 0.2) is 0 Å². The Labute approximate surface area is 76.3 Å². The van der Waals surface area contributed by atoms with E-state index in [2.05, 4.69) is 4.67 Å². The van der Waals surface area contributed by atoms with E-state index in [4.69, 9.17) is 15.0 Å². The first-order chi connectivity index (χ1) is 2.56. The molecule has 0 heterocycles. The first-order valence-electron chi connectivity index (χ1n) is 0.948. The van der Waals surface area contributed by atoms with Crippen molar-refractivity contribution in [2.24, 2.45) is 0 Å². The smallest absolute Gasteiger partial charge is 0.301 e. The molecule has 0 saturated heterocycles. The van der Waals surface area contributed by atoms with Crippen LogP contribution in [0, 0.1) is 45.0 Å². The summed E-state index contributed by atoms with van der Waals surface area (Å²) in [5.74, 6) is 0. The molecule has 0 aromatic heterocycles. The van der Waals surface area contributed by atoms with E-state index in [-0.39, 0.29) is 45.0 Å². The minimum absolute atomic E-state index is 0. The Morgan fingerprint density at radius 1 is 1.43 bits per heavy atom. The molecule has 0 aliphatic carbocycles. The summed E-state index contributed by atoms with van der Waals surface area (Å²) in [5.41, 5.74) is 0. The predicted octanol–water partition coefficient (Wildman–Crippen LogP) is -0.431. The molecule has 3 N–H and O–H groups in total. The van der Waals surface area contributed by atoms with Gasteiger partial charge in [-0.2, -0.15) is 0 Å². The summed E-state index contributed by atoms with van der Waals surface area (Å²) >= 11 is 0. The molecule has 0 saturated carbocycles. The van der Waals surface area contributed by atoms with Crippen molar-refractivity contribution in [3.05, 3.63) is 0 Å². The zero-order valence-electron chi connectivity index (χ0n) is 3.31. The van der Waals surface area contributed by atoms with Gasteiger partial charge in [0.2, 0.25) is 0 Å². The van der Waals surface area contributed by atoms with Gasteiger partial charge in [-0.3, -0.25) is 0 Å². The molecule has 7 heavy (non-hydrogen) atoms. The fraction of sp³-hybridized carbons (Fsp3) is 0. The van der Waals surface area contributed by atoms with E-state index < -0.39 is 7.82 Å². The molecule has 0 rings (SSSR count). The van der Waals surface area contributed by atoms with Crippen molar-refractivity contribution in [1.82, 2.24) is 0 Å². The van der Waals surface area contributed by atoms with Crippen LogP contribution in [-0.2, 0) is 9.24 Å². The van der Waals surface area contributed by atoms with Gasteiger partial charge in [0.25, 0.3) is 0 Å². The van der Waals surface area contributed by atoms with Crippen molar-refractivity contribution in [1.29, 1.82) is 0 Å². The quantitative estimate of drug-likeness (QED) is 0.343. The molecule has 0 aliphatic heterocycles. The summed E-state index contributed by atoms with van der Waals surface area (Å²) in [5, 5.41) is 7.14. The molecule has 5 nitrogen and oxygen atoms in total. The van der Waals surface area contributed by atoms with Crippen molar-refractivity contribution in [3.8, 4) is 0 Å². The molecule has 0 spiro atoms. The second-order valence-corrected chi connectivity index (χ2v) is 1.72. The largest absolute Gasteiger partial charge is 0.496 e. The molecule has 40 valence electrons. The third kappa shape index (κ3) is 11.2. The second-order valence-electron chi connectivity index (χ2n) is 0.572. The first-order valence-corrected chi connectivity index (χ1v) is 2.48. The van der Waals surface area contributed by atoms with Crippen LogP contribution in [0.15, 0.2) is 0 Å². The Morgan fingerprint density at radius 2 is 1.57 bits per heavy atom. The van der Waals surface area contributed by atoms with E-state index >= 15 is 0 Å². The molecule has 0 unspecified atom stereocenters. The second kappa shape index (κ2) is 4.42. The molecular formula is H3O5PRa.